The van der Waals surface area contributed by atoms with E-state index in [1.807, 2.05) is 44.2 Å². The number of allylic oxidation sites excluding steroid dienone is 1. The molecule has 0 aromatic heterocycles. The number of benzene rings is 1. The van der Waals surface area contributed by atoms with Gasteiger partial charge in [0.2, 0.25) is 0 Å². The van der Waals surface area contributed by atoms with Crippen LogP contribution in [0, 0.1) is 0 Å². The highest BCUT2D eigenvalue weighted by molar-refractivity contribution is 6.09. The van der Waals surface area contributed by atoms with E-state index in [0.29, 0.717) is 6.61 Å². The van der Waals surface area contributed by atoms with Crippen molar-refractivity contribution in [3.05, 3.63) is 58.7 Å². The van der Waals surface area contributed by atoms with Gasteiger partial charge in [0.25, 0.3) is 0 Å². The quantitative estimate of drug-likeness (QED) is 0.602. The van der Waals surface area contributed by atoms with Crippen LogP contribution in [0.4, 0.5) is 0 Å². The molecule has 0 atom stereocenters. The van der Waals surface area contributed by atoms with Crippen molar-refractivity contribution >= 4 is 5.78 Å². The van der Waals surface area contributed by atoms with Crippen LogP contribution in [0.3, 0.4) is 0 Å². The molecule has 0 amide bonds. The average molecular weight is 256 g/mol. The summed E-state index contributed by atoms with van der Waals surface area (Å²) in [5, 5.41) is 0. The number of carbonyl (C=O) groups is 1. The molecule has 0 N–H and O–H groups in total. The summed E-state index contributed by atoms with van der Waals surface area (Å²) in [4.78, 5) is 12.5. The molecule has 0 saturated heterocycles. The maximum Gasteiger partial charge on any atom is 0.189 e. The highest BCUT2D eigenvalue weighted by Crippen LogP contribution is 2.23. The number of ketones is 1. The van der Waals surface area contributed by atoms with Gasteiger partial charge in [-0.15, -0.1) is 0 Å². The molecule has 2 rings (SSSR count). The predicted molar refractivity (Wildman–Crippen MR) is 77.3 cm³/mol. The molecule has 1 aliphatic rings. The Balaban J connectivity index is 2.33. The lowest BCUT2D eigenvalue weighted by atomic mass is 9.92. The molecule has 0 spiro atoms. The van der Waals surface area contributed by atoms with Gasteiger partial charge in [-0.05, 0) is 30.9 Å². The third-order valence-corrected chi connectivity index (χ3v) is 3.51. The van der Waals surface area contributed by atoms with Crippen molar-refractivity contribution in [1.82, 2.24) is 0 Å². The molecule has 0 radical (unpaired) electrons. The number of Topliss-reactive ketones (excluding diaryl/α,β-unsaturated/α-hetero) is 1. The molecule has 1 aromatic rings. The Labute approximate surface area is 114 Å². The summed E-state index contributed by atoms with van der Waals surface area (Å²) < 4.78 is 5.47. The first-order chi connectivity index (χ1) is 9.24. The Kier molecular flexibility index (Phi) is 4.69. The molecule has 0 saturated carbocycles. The Morgan fingerprint density at radius 3 is 2.58 bits per heavy atom. The summed E-state index contributed by atoms with van der Waals surface area (Å²) in [5.41, 5.74) is 3.89. The first-order valence-electron chi connectivity index (χ1n) is 6.80. The number of carbonyl (C=O) groups excluding carboxylic acids is 1. The minimum atomic E-state index is 0.132. The Hall–Kier alpha value is -1.67. The van der Waals surface area contributed by atoms with Gasteiger partial charge in [0.15, 0.2) is 5.78 Å². The minimum absolute atomic E-state index is 0.132. The zero-order valence-corrected chi connectivity index (χ0v) is 11.6. The third-order valence-electron chi connectivity index (χ3n) is 3.51. The van der Waals surface area contributed by atoms with E-state index >= 15 is 0 Å². The van der Waals surface area contributed by atoms with Gasteiger partial charge in [-0.25, -0.2) is 0 Å². The van der Waals surface area contributed by atoms with Gasteiger partial charge >= 0.3 is 0 Å². The van der Waals surface area contributed by atoms with Gasteiger partial charge in [-0.3, -0.25) is 4.79 Å². The monoisotopic (exact) mass is 256 g/mol. The molecular formula is C17H20O2. The van der Waals surface area contributed by atoms with Crippen LogP contribution < -0.4 is 0 Å². The molecule has 1 aromatic carbocycles. The normalized spacial score (nSPS) is 16.6. The van der Waals surface area contributed by atoms with Gasteiger partial charge in [-0.2, -0.15) is 0 Å². The van der Waals surface area contributed by atoms with Gasteiger partial charge in [-0.1, -0.05) is 43.3 Å². The highest BCUT2D eigenvalue weighted by Gasteiger charge is 2.16. The van der Waals surface area contributed by atoms with Crippen LogP contribution in [0.1, 0.15) is 37.0 Å². The number of rotatable bonds is 4. The van der Waals surface area contributed by atoms with E-state index in [2.05, 4.69) is 6.08 Å². The summed E-state index contributed by atoms with van der Waals surface area (Å²) >= 11 is 0. The van der Waals surface area contributed by atoms with E-state index in [9.17, 15) is 4.79 Å². The van der Waals surface area contributed by atoms with Crippen molar-refractivity contribution < 1.29 is 9.53 Å². The first-order valence-corrected chi connectivity index (χ1v) is 6.80. The van der Waals surface area contributed by atoms with Crippen LogP contribution in [0.25, 0.3) is 0 Å². The molecule has 1 heterocycles. The van der Waals surface area contributed by atoms with Crippen molar-refractivity contribution in [3.63, 3.8) is 0 Å². The van der Waals surface area contributed by atoms with Crippen molar-refractivity contribution in [2.24, 2.45) is 0 Å². The van der Waals surface area contributed by atoms with E-state index in [1.54, 1.807) is 0 Å². The molecule has 0 fully saturated rings. The van der Waals surface area contributed by atoms with Crippen molar-refractivity contribution in [2.45, 2.75) is 26.7 Å². The first kappa shape index (κ1) is 13.8. The van der Waals surface area contributed by atoms with Gasteiger partial charge in [0.05, 0.1) is 13.2 Å². The summed E-state index contributed by atoms with van der Waals surface area (Å²) in [6, 6.07) is 9.47. The highest BCUT2D eigenvalue weighted by atomic mass is 16.5. The molecule has 19 heavy (non-hydrogen) atoms. The molecule has 0 aliphatic carbocycles. The zero-order valence-electron chi connectivity index (χ0n) is 11.6. The van der Waals surface area contributed by atoms with Crippen LogP contribution in [-0.4, -0.2) is 19.0 Å². The fourth-order valence-electron chi connectivity index (χ4n) is 2.37. The number of hydrogen-bond acceptors (Lipinski definition) is 2. The van der Waals surface area contributed by atoms with Gasteiger partial charge in [0, 0.05) is 11.1 Å². The van der Waals surface area contributed by atoms with Crippen molar-refractivity contribution in [2.75, 3.05) is 13.2 Å². The summed E-state index contributed by atoms with van der Waals surface area (Å²) in [6.07, 6.45) is 3.87. The SMILES string of the molecule is CC/C(C(=O)c1ccccc1)=C(/C)C1=CCCOC1. The summed E-state index contributed by atoms with van der Waals surface area (Å²) in [5.74, 6) is 0.132. The van der Waals surface area contributed by atoms with E-state index in [1.165, 1.54) is 0 Å². The lowest BCUT2D eigenvalue weighted by Crippen LogP contribution is -2.11. The third kappa shape index (κ3) is 3.21. The molecule has 100 valence electrons. The average Bonchev–Trinajstić information content (AvgIpc) is 2.49. The van der Waals surface area contributed by atoms with Crippen LogP contribution >= 0.6 is 0 Å². The molecule has 2 heteroatoms. The van der Waals surface area contributed by atoms with Crippen molar-refractivity contribution in [3.8, 4) is 0 Å². The lowest BCUT2D eigenvalue weighted by Gasteiger charge is -2.17. The number of ether oxygens (including phenoxy) is 1. The van der Waals surface area contributed by atoms with Gasteiger partial charge in [0.1, 0.15) is 0 Å². The molecular weight excluding hydrogens is 236 g/mol. The standard InChI is InChI=1S/C17H20O2/c1-3-16(13(2)15-10-7-11-19-12-15)17(18)14-8-5-4-6-9-14/h4-6,8-10H,3,7,11-12H2,1-2H3/b16-13+. The minimum Gasteiger partial charge on any atom is -0.376 e. The van der Waals surface area contributed by atoms with E-state index in [0.717, 1.165) is 41.7 Å². The maximum absolute atomic E-state index is 12.5. The second kappa shape index (κ2) is 6.48. The van der Waals surface area contributed by atoms with E-state index in [-0.39, 0.29) is 5.78 Å². The van der Waals surface area contributed by atoms with Crippen LogP contribution in [0.5, 0.6) is 0 Å². The zero-order chi connectivity index (χ0) is 13.7. The van der Waals surface area contributed by atoms with E-state index in [4.69, 9.17) is 4.74 Å². The largest absolute Gasteiger partial charge is 0.376 e. The fraction of sp³-hybridized carbons (Fsp3) is 0.353. The Morgan fingerprint density at radius 2 is 2.00 bits per heavy atom. The molecule has 0 bridgehead atoms. The van der Waals surface area contributed by atoms with Crippen molar-refractivity contribution in [1.29, 1.82) is 0 Å². The lowest BCUT2D eigenvalue weighted by molar-refractivity contribution is 0.103. The fourth-order valence-corrected chi connectivity index (χ4v) is 2.37. The predicted octanol–water partition coefficient (Wildman–Crippen LogP) is 3.94. The van der Waals surface area contributed by atoms with Crippen LogP contribution in [0.2, 0.25) is 0 Å². The Morgan fingerprint density at radius 1 is 1.26 bits per heavy atom. The topological polar surface area (TPSA) is 26.3 Å². The number of hydrogen-bond donors (Lipinski definition) is 0. The second-order valence-corrected chi connectivity index (χ2v) is 4.72. The molecule has 1 aliphatic heterocycles. The van der Waals surface area contributed by atoms with Gasteiger partial charge < -0.3 is 4.74 Å². The van der Waals surface area contributed by atoms with Crippen LogP contribution in [-0.2, 0) is 4.74 Å². The molecule has 0 unspecified atom stereocenters. The molecule has 2 nitrogen and oxygen atoms in total. The summed E-state index contributed by atoms with van der Waals surface area (Å²) in [7, 11) is 0. The van der Waals surface area contributed by atoms with Crippen LogP contribution in [0.15, 0.2) is 53.1 Å². The Bertz CT molecular complexity index is 509. The smallest absolute Gasteiger partial charge is 0.189 e. The summed E-state index contributed by atoms with van der Waals surface area (Å²) in [6.45, 7) is 5.46. The second-order valence-electron chi connectivity index (χ2n) is 4.72. The maximum atomic E-state index is 12.5. The van der Waals surface area contributed by atoms with E-state index < -0.39 is 0 Å².